The summed E-state index contributed by atoms with van der Waals surface area (Å²) in [6.07, 6.45) is 58.1. The third-order valence-electron chi connectivity index (χ3n) is 14.0. The van der Waals surface area contributed by atoms with Crippen molar-refractivity contribution in [2.45, 2.75) is 349 Å². The van der Waals surface area contributed by atoms with Crippen LogP contribution in [0.4, 0.5) is 0 Å². The van der Waals surface area contributed by atoms with Crippen LogP contribution in [-0.4, -0.2) is 37.2 Å². The van der Waals surface area contributed by atoms with Crippen LogP contribution in [0.3, 0.4) is 0 Å². The fraction of sp³-hybridized carbons (Fsp3) is 0.951. The van der Waals surface area contributed by atoms with Crippen LogP contribution in [0.1, 0.15) is 343 Å². The van der Waals surface area contributed by atoms with Crippen LogP contribution in [0.5, 0.6) is 0 Å². The lowest BCUT2D eigenvalue weighted by Crippen LogP contribution is -2.30. The molecule has 0 aliphatic heterocycles. The van der Waals surface area contributed by atoms with Crippen molar-refractivity contribution >= 4 is 17.9 Å². The Bertz CT molecular complexity index is 1020. The molecular weight excluding hydrogens is 829 g/mol. The fourth-order valence-corrected chi connectivity index (χ4v) is 9.40. The highest BCUT2D eigenvalue weighted by Gasteiger charge is 2.19. The second-order valence-corrected chi connectivity index (χ2v) is 21.9. The monoisotopic (exact) mass is 947 g/mol. The Balaban J connectivity index is 4.30. The average Bonchev–Trinajstić information content (AvgIpc) is 3.30. The topological polar surface area (TPSA) is 78.9 Å². The third-order valence-corrected chi connectivity index (χ3v) is 14.0. The number of rotatable bonds is 55. The molecule has 0 heterocycles. The van der Waals surface area contributed by atoms with Gasteiger partial charge in [-0.15, -0.1) is 0 Å². The van der Waals surface area contributed by atoms with Crippen LogP contribution in [0, 0.1) is 11.8 Å². The van der Waals surface area contributed by atoms with Gasteiger partial charge in [0.15, 0.2) is 6.10 Å². The summed E-state index contributed by atoms with van der Waals surface area (Å²) < 4.78 is 16.9. The molecule has 0 radical (unpaired) electrons. The molecule has 0 unspecified atom stereocenters. The van der Waals surface area contributed by atoms with Gasteiger partial charge in [0.25, 0.3) is 0 Å². The summed E-state index contributed by atoms with van der Waals surface area (Å²) in [5.41, 5.74) is 0. The van der Waals surface area contributed by atoms with Gasteiger partial charge in [0.05, 0.1) is 0 Å². The quantitative estimate of drug-likeness (QED) is 0.0343. The maximum Gasteiger partial charge on any atom is 0.306 e. The molecule has 1 atom stereocenters. The highest BCUT2D eigenvalue weighted by molar-refractivity contribution is 5.71. The Hall–Kier alpha value is -1.59. The summed E-state index contributed by atoms with van der Waals surface area (Å²) in [6, 6.07) is 0. The van der Waals surface area contributed by atoms with E-state index in [1.165, 1.54) is 231 Å². The molecule has 0 spiro atoms. The second-order valence-electron chi connectivity index (χ2n) is 21.9. The van der Waals surface area contributed by atoms with E-state index in [1.54, 1.807) is 0 Å². The van der Waals surface area contributed by atoms with Gasteiger partial charge >= 0.3 is 17.9 Å². The Kier molecular flexibility index (Phi) is 52.5. The fourth-order valence-electron chi connectivity index (χ4n) is 9.40. The van der Waals surface area contributed by atoms with E-state index < -0.39 is 6.10 Å². The zero-order valence-corrected chi connectivity index (χ0v) is 46.0. The molecule has 0 aromatic rings. The van der Waals surface area contributed by atoms with Gasteiger partial charge in [-0.2, -0.15) is 0 Å². The standard InChI is InChI=1S/C61H118O6/c1-6-7-8-9-10-11-12-13-14-17-20-26-31-36-41-46-51-59(62)65-54-58(55-66-60(63)52-47-42-37-32-27-23-22-25-30-35-40-45-50-57(4)5)67-61(64)53-48-43-38-33-28-21-18-15-16-19-24-29-34-39-44-49-56(2)3/h56-58H,6-55H2,1-5H3/t58-/m1/s1. The van der Waals surface area contributed by atoms with Crippen molar-refractivity contribution in [2.24, 2.45) is 11.8 Å². The average molecular weight is 948 g/mol. The highest BCUT2D eigenvalue weighted by Crippen LogP contribution is 2.18. The SMILES string of the molecule is CCCCCCCCCCCCCCCCCCC(=O)OC[C@H](COC(=O)CCCCCCCCCCCCCCC(C)C)OC(=O)CCCCCCCCCCCCCCCCCC(C)C. The summed E-state index contributed by atoms with van der Waals surface area (Å²) in [5, 5.41) is 0. The minimum Gasteiger partial charge on any atom is -0.462 e. The smallest absolute Gasteiger partial charge is 0.306 e. The summed E-state index contributed by atoms with van der Waals surface area (Å²) in [4.78, 5) is 38.2. The van der Waals surface area contributed by atoms with Crippen LogP contribution in [0.25, 0.3) is 0 Å². The first-order valence-corrected chi connectivity index (χ1v) is 30.2. The van der Waals surface area contributed by atoms with E-state index in [1.807, 2.05) is 0 Å². The van der Waals surface area contributed by atoms with Crippen LogP contribution >= 0.6 is 0 Å². The van der Waals surface area contributed by atoms with Gasteiger partial charge in [-0.3, -0.25) is 14.4 Å². The molecule has 398 valence electrons. The lowest BCUT2D eigenvalue weighted by Gasteiger charge is -2.18. The van der Waals surface area contributed by atoms with Gasteiger partial charge in [-0.1, -0.05) is 304 Å². The van der Waals surface area contributed by atoms with Crippen LogP contribution in [0.2, 0.25) is 0 Å². The van der Waals surface area contributed by atoms with Crippen LogP contribution in [0.15, 0.2) is 0 Å². The van der Waals surface area contributed by atoms with E-state index in [0.717, 1.165) is 69.6 Å². The van der Waals surface area contributed by atoms with Crippen LogP contribution < -0.4 is 0 Å². The zero-order valence-electron chi connectivity index (χ0n) is 46.0. The minimum absolute atomic E-state index is 0.0622. The summed E-state index contributed by atoms with van der Waals surface area (Å²) >= 11 is 0. The van der Waals surface area contributed by atoms with Gasteiger partial charge in [-0.05, 0) is 31.1 Å². The van der Waals surface area contributed by atoms with Gasteiger partial charge < -0.3 is 14.2 Å². The van der Waals surface area contributed by atoms with Crippen molar-refractivity contribution in [2.75, 3.05) is 13.2 Å². The maximum atomic E-state index is 12.9. The first kappa shape index (κ1) is 65.4. The van der Waals surface area contributed by atoms with E-state index in [9.17, 15) is 14.4 Å². The molecule has 0 fully saturated rings. The lowest BCUT2D eigenvalue weighted by atomic mass is 10.0. The summed E-state index contributed by atoms with van der Waals surface area (Å²) in [6.45, 7) is 11.4. The van der Waals surface area contributed by atoms with E-state index in [4.69, 9.17) is 14.2 Å². The van der Waals surface area contributed by atoms with Crippen molar-refractivity contribution in [1.82, 2.24) is 0 Å². The number of ether oxygens (including phenoxy) is 3. The zero-order chi connectivity index (χ0) is 48.9. The van der Waals surface area contributed by atoms with Gasteiger partial charge in [0.1, 0.15) is 13.2 Å². The van der Waals surface area contributed by atoms with Crippen molar-refractivity contribution in [3.8, 4) is 0 Å². The maximum absolute atomic E-state index is 12.9. The number of esters is 3. The van der Waals surface area contributed by atoms with Crippen molar-refractivity contribution in [1.29, 1.82) is 0 Å². The molecule has 0 N–H and O–H groups in total. The normalized spacial score (nSPS) is 12.0. The van der Waals surface area contributed by atoms with Crippen molar-refractivity contribution < 1.29 is 28.6 Å². The van der Waals surface area contributed by atoms with E-state index in [-0.39, 0.29) is 31.1 Å². The summed E-state index contributed by atoms with van der Waals surface area (Å²) in [7, 11) is 0. The molecule has 0 aliphatic carbocycles. The molecule has 0 saturated heterocycles. The first-order chi connectivity index (χ1) is 32.7. The number of hydrogen-bond acceptors (Lipinski definition) is 6. The number of unbranched alkanes of at least 4 members (excludes halogenated alkanes) is 40. The Morgan fingerprint density at radius 2 is 0.493 bits per heavy atom. The van der Waals surface area contributed by atoms with Crippen molar-refractivity contribution in [3.63, 3.8) is 0 Å². The Labute approximate surface area is 418 Å². The van der Waals surface area contributed by atoms with E-state index in [0.29, 0.717) is 19.3 Å². The molecule has 0 saturated carbocycles. The number of carbonyl (C=O) groups excluding carboxylic acids is 3. The predicted molar refractivity (Wildman–Crippen MR) is 289 cm³/mol. The summed E-state index contributed by atoms with van der Waals surface area (Å²) in [5.74, 6) is 0.846. The Morgan fingerprint density at radius 3 is 0.731 bits per heavy atom. The molecule has 0 amide bonds. The highest BCUT2D eigenvalue weighted by atomic mass is 16.6. The predicted octanol–water partition coefficient (Wildman–Crippen LogP) is 20.0. The Morgan fingerprint density at radius 1 is 0.284 bits per heavy atom. The van der Waals surface area contributed by atoms with Crippen molar-refractivity contribution in [3.05, 3.63) is 0 Å². The third kappa shape index (κ3) is 55.2. The molecule has 0 bridgehead atoms. The largest absolute Gasteiger partial charge is 0.462 e. The first-order valence-electron chi connectivity index (χ1n) is 30.2. The van der Waals surface area contributed by atoms with E-state index in [2.05, 4.69) is 34.6 Å². The lowest BCUT2D eigenvalue weighted by molar-refractivity contribution is -0.167. The van der Waals surface area contributed by atoms with Gasteiger partial charge in [-0.25, -0.2) is 0 Å². The van der Waals surface area contributed by atoms with Crippen LogP contribution in [-0.2, 0) is 28.6 Å². The minimum atomic E-state index is -0.763. The van der Waals surface area contributed by atoms with Gasteiger partial charge in [0.2, 0.25) is 0 Å². The molecule has 6 nitrogen and oxygen atoms in total. The molecular formula is C61H118O6. The van der Waals surface area contributed by atoms with E-state index >= 15 is 0 Å². The van der Waals surface area contributed by atoms with Gasteiger partial charge in [0, 0.05) is 19.3 Å². The molecule has 0 aromatic carbocycles. The second kappa shape index (κ2) is 53.8. The molecule has 0 aromatic heterocycles. The number of carbonyl (C=O) groups is 3. The number of hydrogen-bond donors (Lipinski definition) is 0. The molecule has 0 rings (SSSR count). The molecule has 67 heavy (non-hydrogen) atoms. The molecule has 0 aliphatic rings. The molecule has 6 heteroatoms.